The largest absolute Gasteiger partial charge is 0.489 e. The first kappa shape index (κ1) is 71.6. The lowest BCUT2D eigenvalue weighted by Crippen LogP contribution is -2.31. The van der Waals surface area contributed by atoms with E-state index in [4.69, 9.17) is 33.8 Å². The van der Waals surface area contributed by atoms with Gasteiger partial charge in [0.1, 0.15) is 22.6 Å². The smallest absolute Gasteiger partial charge is 0.423 e. The van der Waals surface area contributed by atoms with Crippen LogP contribution in [0, 0.1) is 11.9 Å². The Morgan fingerprint density at radius 3 is 1.17 bits per heavy atom. The van der Waals surface area contributed by atoms with Gasteiger partial charge in [0.2, 0.25) is 11.9 Å². The number of nitrogens with one attached hydrogen (secondary N) is 1. The van der Waals surface area contributed by atoms with Crippen LogP contribution >= 0.6 is 22.3 Å². The fourth-order valence-electron chi connectivity index (χ4n) is 8.49. The number of nitrogens with zero attached hydrogens (tertiary/aromatic N) is 5. The molecule has 0 aliphatic heterocycles. The average molecular weight is 1380 g/mol. The Bertz CT molecular complexity index is 4620. The van der Waals surface area contributed by atoms with Crippen molar-refractivity contribution in [3.05, 3.63) is 270 Å². The van der Waals surface area contributed by atoms with Gasteiger partial charge in [-0.15, -0.1) is 0 Å². The molecular formula is C64H46BCl2F11N8O6S2. The molecule has 0 saturated heterocycles. The molecule has 0 spiro atoms. The second-order valence-corrected chi connectivity index (χ2v) is 23.6. The van der Waals surface area contributed by atoms with Crippen molar-refractivity contribution < 1.29 is 75.2 Å². The van der Waals surface area contributed by atoms with Gasteiger partial charge >= 0.3 is 25.6 Å². The fourth-order valence-corrected chi connectivity index (χ4v) is 10.4. The monoisotopic (exact) mass is 1380 g/mol. The van der Waals surface area contributed by atoms with E-state index in [1.807, 2.05) is 72.8 Å². The molecule has 11 aromatic rings. The highest BCUT2D eigenvalue weighted by Crippen LogP contribution is 2.42. The molecule has 30 heteroatoms. The van der Waals surface area contributed by atoms with Crippen molar-refractivity contribution in [2.45, 2.75) is 28.6 Å². The van der Waals surface area contributed by atoms with E-state index >= 15 is 0 Å². The first-order valence-electron chi connectivity index (χ1n) is 26.8. The van der Waals surface area contributed by atoms with Gasteiger partial charge in [0.25, 0.3) is 19.1 Å². The molecule has 0 aliphatic carbocycles. The Balaban J connectivity index is 0.000000178. The van der Waals surface area contributed by atoms with Crippen molar-refractivity contribution in [2.75, 3.05) is 16.2 Å². The van der Waals surface area contributed by atoms with Gasteiger partial charge in [-0.05, 0) is 99.5 Å². The molecule has 484 valence electrons. The van der Waals surface area contributed by atoms with Crippen molar-refractivity contribution in [3.8, 4) is 55.9 Å². The predicted octanol–water partition coefficient (Wildman–Crippen LogP) is 15.3. The molecule has 0 bridgehead atoms. The zero-order valence-corrected chi connectivity index (χ0v) is 50.9. The number of alkyl halides is 9. The minimum absolute atomic E-state index is 0.0343. The minimum Gasteiger partial charge on any atom is -0.423 e. The quantitative estimate of drug-likeness (QED) is 0.0371. The summed E-state index contributed by atoms with van der Waals surface area (Å²) in [6, 6.07) is 60.4. The highest BCUT2D eigenvalue weighted by atomic mass is 35.7. The van der Waals surface area contributed by atoms with Crippen LogP contribution in [0.2, 0.25) is 5.15 Å². The molecule has 11 rings (SSSR count). The summed E-state index contributed by atoms with van der Waals surface area (Å²) in [7, 11) is -4.85. The summed E-state index contributed by atoms with van der Waals surface area (Å²) in [5, 5.41) is 16.7. The lowest BCUT2D eigenvalue weighted by Gasteiger charge is -2.17. The predicted molar refractivity (Wildman–Crippen MR) is 337 cm³/mol. The van der Waals surface area contributed by atoms with Crippen LogP contribution in [-0.4, -0.2) is 58.9 Å². The Labute approximate surface area is 539 Å². The molecule has 0 unspecified atom stereocenters. The van der Waals surface area contributed by atoms with Gasteiger partial charge in [-0.25, -0.2) is 33.3 Å². The van der Waals surface area contributed by atoms with E-state index in [2.05, 4.69) is 29.6 Å². The molecule has 0 fully saturated rings. The van der Waals surface area contributed by atoms with Crippen molar-refractivity contribution in [1.82, 2.24) is 24.9 Å². The Hall–Kier alpha value is -9.84. The number of halogens is 13. The molecule has 0 saturated carbocycles. The molecule has 0 radical (unpaired) electrons. The third-order valence-corrected chi connectivity index (χ3v) is 15.3. The van der Waals surface area contributed by atoms with Crippen molar-refractivity contribution >= 4 is 71.4 Å². The van der Waals surface area contributed by atoms with E-state index in [0.717, 1.165) is 83.4 Å². The first-order chi connectivity index (χ1) is 44.3. The number of pyridine rings is 5. The van der Waals surface area contributed by atoms with Crippen LogP contribution in [-0.2, 0) is 37.6 Å². The SMILES string of the molecule is Nc1ccc(C(F)(F)F)c(-c2ccccc2-c2ccccc2)n1.Nc1ccc(C(F)(F)F)c(Cl)n1.O=S(=O)(Cl)c1cccc(F)n1.O=S(=O)(Nc1ccc(C(F)(F)F)c(-c2ccccc2-c2ccccc2)n1)c1cccc(F)n1.OB(O)c1ccccc1-c1ccccc1. The van der Waals surface area contributed by atoms with Crippen LogP contribution in [0.3, 0.4) is 0 Å². The number of rotatable bonds is 10. The summed E-state index contributed by atoms with van der Waals surface area (Å²) in [5.74, 6) is -2.24. The Morgan fingerprint density at radius 1 is 0.394 bits per heavy atom. The van der Waals surface area contributed by atoms with E-state index in [1.54, 1.807) is 84.9 Å². The zero-order chi connectivity index (χ0) is 68.6. The van der Waals surface area contributed by atoms with Gasteiger partial charge in [-0.1, -0.05) is 188 Å². The van der Waals surface area contributed by atoms with Crippen LogP contribution in [0.15, 0.2) is 247 Å². The maximum absolute atomic E-state index is 13.8. The standard InChI is InChI=1S/C23H15F4N3O2S.C18H13F3N2.C12H11BO2.C6H4ClF3N2.C5H3ClFNO2S/c24-19-11-6-12-21(28-19)33(31,32)30-20-14-13-18(23(25,26)27)22(29-20)17-10-5-4-9-16(17)15-7-2-1-3-8-15;19-18(20,21)15-10-11-16(22)23-17(15)14-9-5-4-8-13(14)12-6-2-1-3-7-12;14-13(15)12-9-5-4-8-11(12)10-6-2-1-3-7-10;7-5-3(6(8,9)10)1-2-4(11)12-5;6-11(9,10)5-3-1-2-4(7)8-5/h1-14H,(H,29,30);1-11H,(H2,22,23);1-9,14-15H;1-2H,(H2,11,12);1-3H. The molecule has 6 aromatic carbocycles. The fraction of sp³-hybridized carbons (Fsp3) is 0.0469. The number of aromatic nitrogens is 5. The third-order valence-electron chi connectivity index (χ3n) is 12.6. The topological polar surface area (TPSA) is 237 Å². The second-order valence-electron chi connectivity index (χ2n) is 19.1. The Kier molecular flexibility index (Phi) is 23.8. The van der Waals surface area contributed by atoms with Gasteiger partial charge in [-0.3, -0.25) is 4.72 Å². The minimum atomic E-state index is -4.74. The summed E-state index contributed by atoms with van der Waals surface area (Å²) >= 11 is 5.20. The second kappa shape index (κ2) is 31.2. The molecule has 0 amide bonds. The normalized spacial score (nSPS) is 11.4. The highest BCUT2D eigenvalue weighted by molar-refractivity contribution is 8.13. The van der Waals surface area contributed by atoms with Gasteiger partial charge in [-0.2, -0.15) is 56.7 Å². The van der Waals surface area contributed by atoms with E-state index in [1.165, 1.54) is 12.1 Å². The highest BCUT2D eigenvalue weighted by Gasteiger charge is 2.37. The average Bonchev–Trinajstić information content (AvgIpc) is 0.787. The number of hydrogen-bond acceptors (Lipinski definition) is 13. The van der Waals surface area contributed by atoms with Gasteiger partial charge in [0.05, 0.1) is 28.1 Å². The third kappa shape index (κ3) is 19.8. The van der Waals surface area contributed by atoms with Crippen LogP contribution < -0.4 is 21.7 Å². The summed E-state index contributed by atoms with van der Waals surface area (Å²) in [4.78, 5) is 17.6. The van der Waals surface area contributed by atoms with Crippen molar-refractivity contribution in [2.24, 2.45) is 0 Å². The van der Waals surface area contributed by atoms with Crippen LogP contribution in [0.4, 0.5) is 65.7 Å². The summed E-state index contributed by atoms with van der Waals surface area (Å²) in [6.07, 6.45) is -13.7. The van der Waals surface area contributed by atoms with E-state index in [-0.39, 0.29) is 28.7 Å². The van der Waals surface area contributed by atoms with E-state index < -0.39 is 94.2 Å². The molecule has 94 heavy (non-hydrogen) atoms. The number of benzene rings is 6. The molecule has 14 nitrogen and oxygen atoms in total. The van der Waals surface area contributed by atoms with E-state index in [0.29, 0.717) is 27.7 Å². The number of hydrogen-bond donors (Lipinski definition) is 5. The lowest BCUT2D eigenvalue weighted by atomic mass is 9.75. The van der Waals surface area contributed by atoms with Crippen molar-refractivity contribution in [3.63, 3.8) is 0 Å². The molecule has 7 N–H and O–H groups in total. The lowest BCUT2D eigenvalue weighted by molar-refractivity contribution is -0.138. The van der Waals surface area contributed by atoms with Gasteiger partial charge < -0.3 is 21.5 Å². The summed E-state index contributed by atoms with van der Waals surface area (Å²) < 4.78 is 191. The maximum atomic E-state index is 13.8. The molecule has 5 heterocycles. The van der Waals surface area contributed by atoms with Crippen LogP contribution in [0.5, 0.6) is 0 Å². The number of sulfonamides is 1. The summed E-state index contributed by atoms with van der Waals surface area (Å²) in [6.45, 7) is 0. The summed E-state index contributed by atoms with van der Waals surface area (Å²) in [5.41, 5.74) is 12.9. The van der Waals surface area contributed by atoms with Crippen LogP contribution in [0.25, 0.3) is 55.9 Å². The molecule has 5 aromatic heterocycles. The van der Waals surface area contributed by atoms with Crippen LogP contribution in [0.1, 0.15) is 16.7 Å². The Morgan fingerprint density at radius 2 is 0.755 bits per heavy atom. The number of nitrogen functional groups attached to an aromatic ring is 2. The van der Waals surface area contributed by atoms with Gasteiger partial charge in [0.15, 0.2) is 10.1 Å². The zero-order valence-electron chi connectivity index (χ0n) is 47.7. The van der Waals surface area contributed by atoms with Crippen molar-refractivity contribution in [1.29, 1.82) is 0 Å². The van der Waals surface area contributed by atoms with Gasteiger partial charge in [0, 0.05) is 21.8 Å². The van der Waals surface area contributed by atoms with E-state index in [9.17, 15) is 75.2 Å². The molecule has 0 aliphatic rings. The molecule has 0 atom stereocenters. The first-order valence-corrected chi connectivity index (χ1v) is 30.9. The number of anilines is 3. The molecular weight excluding hydrogens is 1330 g/mol. The number of nitrogens with two attached hydrogens (primary N) is 2. The maximum Gasteiger partial charge on any atom is 0.489 e.